The van der Waals surface area contributed by atoms with Crippen LogP contribution < -0.4 is 0 Å². The largest absolute Gasteiger partial charge is 0.360 e. The molecule has 0 aliphatic heterocycles. The molecule has 13 heavy (non-hydrogen) atoms. The van der Waals surface area contributed by atoms with Gasteiger partial charge in [-0.2, -0.15) is 0 Å². The molecule has 1 aromatic carbocycles. The lowest BCUT2D eigenvalue weighted by Crippen LogP contribution is -1.88. The molecule has 0 bridgehead atoms. The van der Waals surface area contributed by atoms with Crippen molar-refractivity contribution in [3.05, 3.63) is 30.0 Å². The molecule has 0 aliphatic rings. The summed E-state index contributed by atoms with van der Waals surface area (Å²) in [6.07, 6.45) is 1.08. The van der Waals surface area contributed by atoms with Crippen molar-refractivity contribution < 1.29 is 4.52 Å². The lowest BCUT2D eigenvalue weighted by molar-refractivity contribution is 0.370. The number of aromatic nitrogens is 1. The third-order valence-electron chi connectivity index (χ3n) is 2.47. The van der Waals surface area contributed by atoms with E-state index in [1.54, 1.807) is 0 Å². The summed E-state index contributed by atoms with van der Waals surface area (Å²) >= 11 is 0. The SMILES string of the molecule is CCC(C)c1onc2ccccc12. The standard InChI is InChI=1S/C11H13NO/c1-3-8(2)11-9-6-4-5-7-10(9)12-13-11/h4-8H,3H2,1-2H3. The zero-order valence-electron chi connectivity index (χ0n) is 7.95. The third kappa shape index (κ3) is 1.32. The lowest BCUT2D eigenvalue weighted by Gasteiger charge is -2.02. The van der Waals surface area contributed by atoms with Crippen LogP contribution in [0.1, 0.15) is 31.9 Å². The molecule has 1 aromatic heterocycles. The number of fused-ring (bicyclic) bond motifs is 1. The Morgan fingerprint density at radius 1 is 1.38 bits per heavy atom. The molecule has 1 unspecified atom stereocenters. The first-order valence-corrected chi connectivity index (χ1v) is 4.67. The fourth-order valence-electron chi connectivity index (χ4n) is 1.45. The van der Waals surface area contributed by atoms with E-state index in [2.05, 4.69) is 25.1 Å². The summed E-state index contributed by atoms with van der Waals surface area (Å²) in [4.78, 5) is 0. The highest BCUT2D eigenvalue weighted by Gasteiger charge is 2.12. The summed E-state index contributed by atoms with van der Waals surface area (Å²) in [5.41, 5.74) is 0.956. The molecular formula is C11H13NO. The molecule has 0 aliphatic carbocycles. The first kappa shape index (κ1) is 8.30. The van der Waals surface area contributed by atoms with Gasteiger partial charge in [-0.1, -0.05) is 31.1 Å². The number of benzene rings is 1. The Labute approximate surface area is 77.5 Å². The highest BCUT2D eigenvalue weighted by atomic mass is 16.5. The van der Waals surface area contributed by atoms with Gasteiger partial charge in [-0.3, -0.25) is 0 Å². The van der Waals surface area contributed by atoms with E-state index < -0.39 is 0 Å². The van der Waals surface area contributed by atoms with Gasteiger partial charge in [0.25, 0.3) is 0 Å². The second-order valence-electron chi connectivity index (χ2n) is 3.37. The maximum atomic E-state index is 5.32. The summed E-state index contributed by atoms with van der Waals surface area (Å²) in [5, 5.41) is 5.16. The highest BCUT2D eigenvalue weighted by Crippen LogP contribution is 2.26. The fraction of sp³-hybridized carbons (Fsp3) is 0.364. The Hall–Kier alpha value is -1.31. The molecule has 1 heterocycles. The molecule has 2 heteroatoms. The average molecular weight is 175 g/mol. The van der Waals surface area contributed by atoms with Crippen molar-refractivity contribution >= 4 is 10.9 Å². The second-order valence-corrected chi connectivity index (χ2v) is 3.37. The second kappa shape index (κ2) is 3.21. The minimum Gasteiger partial charge on any atom is -0.360 e. The predicted octanol–water partition coefficient (Wildman–Crippen LogP) is 3.34. The van der Waals surface area contributed by atoms with Gasteiger partial charge >= 0.3 is 0 Å². The van der Waals surface area contributed by atoms with Crippen molar-refractivity contribution in [2.24, 2.45) is 0 Å². The third-order valence-corrected chi connectivity index (χ3v) is 2.47. The van der Waals surface area contributed by atoms with Crippen molar-refractivity contribution in [1.82, 2.24) is 5.16 Å². The summed E-state index contributed by atoms with van der Waals surface area (Å²) in [5.74, 6) is 1.46. The molecule has 0 N–H and O–H groups in total. The lowest BCUT2D eigenvalue weighted by atomic mass is 10.0. The van der Waals surface area contributed by atoms with Crippen LogP contribution in [0, 0.1) is 0 Å². The molecule has 0 saturated heterocycles. The first-order valence-electron chi connectivity index (χ1n) is 4.67. The minimum atomic E-state index is 0.451. The molecular weight excluding hydrogens is 162 g/mol. The summed E-state index contributed by atoms with van der Waals surface area (Å²) < 4.78 is 5.32. The van der Waals surface area contributed by atoms with Crippen LogP contribution >= 0.6 is 0 Å². The summed E-state index contributed by atoms with van der Waals surface area (Å²) in [6.45, 7) is 4.31. The molecule has 1 atom stereocenters. The van der Waals surface area contributed by atoms with Crippen LogP contribution in [0.5, 0.6) is 0 Å². The van der Waals surface area contributed by atoms with E-state index in [0.717, 1.165) is 23.1 Å². The number of nitrogens with zero attached hydrogens (tertiary/aromatic N) is 1. The van der Waals surface area contributed by atoms with Crippen LogP contribution in [-0.2, 0) is 0 Å². The minimum absolute atomic E-state index is 0.451. The smallest absolute Gasteiger partial charge is 0.147 e. The van der Waals surface area contributed by atoms with Crippen molar-refractivity contribution in [3.63, 3.8) is 0 Å². The van der Waals surface area contributed by atoms with Gasteiger partial charge in [0.15, 0.2) is 0 Å². The van der Waals surface area contributed by atoms with Crippen LogP contribution in [0.25, 0.3) is 10.9 Å². The topological polar surface area (TPSA) is 26.0 Å². The van der Waals surface area contributed by atoms with Gasteiger partial charge in [0, 0.05) is 11.3 Å². The quantitative estimate of drug-likeness (QED) is 0.699. The molecule has 2 nitrogen and oxygen atoms in total. The van der Waals surface area contributed by atoms with E-state index in [1.807, 2.05) is 18.2 Å². The first-order chi connectivity index (χ1) is 6.33. The highest BCUT2D eigenvalue weighted by molar-refractivity contribution is 5.80. The van der Waals surface area contributed by atoms with Crippen LogP contribution in [0.4, 0.5) is 0 Å². The molecule has 2 rings (SSSR count). The maximum Gasteiger partial charge on any atom is 0.147 e. The molecule has 2 aromatic rings. The predicted molar refractivity (Wildman–Crippen MR) is 52.7 cm³/mol. The number of hydrogen-bond acceptors (Lipinski definition) is 2. The average Bonchev–Trinajstić information content (AvgIpc) is 2.60. The van der Waals surface area contributed by atoms with Crippen LogP contribution in [0.3, 0.4) is 0 Å². The van der Waals surface area contributed by atoms with Gasteiger partial charge in [0.1, 0.15) is 11.3 Å². The van der Waals surface area contributed by atoms with E-state index in [-0.39, 0.29) is 0 Å². The van der Waals surface area contributed by atoms with E-state index in [1.165, 1.54) is 0 Å². The molecule has 0 saturated carbocycles. The number of rotatable bonds is 2. The van der Waals surface area contributed by atoms with E-state index in [4.69, 9.17) is 4.52 Å². The van der Waals surface area contributed by atoms with Gasteiger partial charge in [0.05, 0.1) is 0 Å². The van der Waals surface area contributed by atoms with Crippen molar-refractivity contribution in [3.8, 4) is 0 Å². The Bertz CT molecular complexity index is 405. The van der Waals surface area contributed by atoms with Gasteiger partial charge < -0.3 is 4.52 Å². The molecule has 0 spiro atoms. The zero-order chi connectivity index (χ0) is 9.26. The number of hydrogen-bond donors (Lipinski definition) is 0. The van der Waals surface area contributed by atoms with E-state index >= 15 is 0 Å². The van der Waals surface area contributed by atoms with Gasteiger partial charge in [0.2, 0.25) is 0 Å². The molecule has 0 fully saturated rings. The van der Waals surface area contributed by atoms with Gasteiger partial charge in [-0.05, 0) is 18.6 Å². The van der Waals surface area contributed by atoms with Gasteiger partial charge in [-0.25, -0.2) is 0 Å². The molecule has 0 radical (unpaired) electrons. The van der Waals surface area contributed by atoms with Crippen LogP contribution in [-0.4, -0.2) is 5.16 Å². The normalized spacial score (nSPS) is 13.4. The Morgan fingerprint density at radius 2 is 2.15 bits per heavy atom. The summed E-state index contributed by atoms with van der Waals surface area (Å²) in [6, 6.07) is 8.04. The van der Waals surface area contributed by atoms with Gasteiger partial charge in [-0.15, -0.1) is 0 Å². The monoisotopic (exact) mass is 175 g/mol. The Kier molecular flexibility index (Phi) is 2.05. The molecule has 68 valence electrons. The maximum absolute atomic E-state index is 5.32. The Balaban J connectivity index is 2.57. The van der Waals surface area contributed by atoms with Crippen LogP contribution in [0.15, 0.2) is 28.8 Å². The van der Waals surface area contributed by atoms with Crippen molar-refractivity contribution in [2.75, 3.05) is 0 Å². The Morgan fingerprint density at radius 3 is 2.92 bits per heavy atom. The van der Waals surface area contributed by atoms with Crippen molar-refractivity contribution in [2.45, 2.75) is 26.2 Å². The van der Waals surface area contributed by atoms with Crippen molar-refractivity contribution in [1.29, 1.82) is 0 Å². The zero-order valence-corrected chi connectivity index (χ0v) is 7.95. The summed E-state index contributed by atoms with van der Waals surface area (Å²) in [7, 11) is 0. The fourth-order valence-corrected chi connectivity index (χ4v) is 1.45. The van der Waals surface area contributed by atoms with E-state index in [9.17, 15) is 0 Å². The molecule has 0 amide bonds. The van der Waals surface area contributed by atoms with Crippen LogP contribution in [0.2, 0.25) is 0 Å². The van der Waals surface area contributed by atoms with E-state index in [0.29, 0.717) is 5.92 Å².